The van der Waals surface area contributed by atoms with E-state index in [1.54, 1.807) is 6.92 Å². The number of amides is 1. The summed E-state index contributed by atoms with van der Waals surface area (Å²) in [4.78, 5) is 16.8. The lowest BCUT2D eigenvalue weighted by Crippen LogP contribution is -2.44. The van der Waals surface area contributed by atoms with Crippen LogP contribution in [0.15, 0.2) is 24.3 Å². The molecule has 146 valence electrons. The van der Waals surface area contributed by atoms with E-state index in [2.05, 4.69) is 29.2 Å². The Morgan fingerprint density at radius 3 is 2.63 bits per heavy atom. The summed E-state index contributed by atoms with van der Waals surface area (Å²) in [6.07, 6.45) is 9.66. The molecule has 3 heteroatoms. The number of hydrogen-bond donors (Lipinski definition) is 0. The van der Waals surface area contributed by atoms with Crippen LogP contribution in [0.4, 0.5) is 0 Å². The predicted molar refractivity (Wildman–Crippen MR) is 109 cm³/mol. The van der Waals surface area contributed by atoms with E-state index in [1.165, 1.54) is 69.3 Å². The number of likely N-dealkylation sites (tertiary alicyclic amines) is 1. The Kier molecular flexibility index (Phi) is 4.34. The lowest BCUT2D eigenvalue weighted by molar-refractivity contribution is -0.129. The van der Waals surface area contributed by atoms with Gasteiger partial charge in [-0.3, -0.25) is 4.79 Å². The third kappa shape index (κ3) is 2.93. The first kappa shape index (κ1) is 17.7. The van der Waals surface area contributed by atoms with Crippen molar-refractivity contribution in [2.45, 2.75) is 63.3 Å². The third-order valence-corrected chi connectivity index (χ3v) is 8.63. The number of piperidine rings is 1. The van der Waals surface area contributed by atoms with Gasteiger partial charge >= 0.3 is 0 Å². The summed E-state index contributed by atoms with van der Waals surface area (Å²) < 4.78 is 0. The van der Waals surface area contributed by atoms with E-state index in [1.807, 2.05) is 11.9 Å². The zero-order valence-corrected chi connectivity index (χ0v) is 17.0. The van der Waals surface area contributed by atoms with Gasteiger partial charge in [0.15, 0.2) is 0 Å². The van der Waals surface area contributed by atoms with Crippen molar-refractivity contribution in [1.82, 2.24) is 9.80 Å². The molecule has 1 saturated heterocycles. The van der Waals surface area contributed by atoms with E-state index in [0.29, 0.717) is 0 Å². The zero-order chi connectivity index (χ0) is 18.6. The summed E-state index contributed by atoms with van der Waals surface area (Å²) in [6.45, 7) is 5.51. The number of hydrogen-bond acceptors (Lipinski definition) is 2. The maximum Gasteiger partial charge on any atom is 0.219 e. The Morgan fingerprint density at radius 2 is 1.96 bits per heavy atom. The molecule has 0 aromatic heterocycles. The fourth-order valence-corrected chi connectivity index (χ4v) is 6.99. The largest absolute Gasteiger partial charge is 0.339 e. The fraction of sp³-hybridized carbons (Fsp3) is 0.708. The number of rotatable bonds is 3. The summed E-state index contributed by atoms with van der Waals surface area (Å²) in [5.41, 5.74) is 3.22. The van der Waals surface area contributed by atoms with E-state index < -0.39 is 0 Å². The number of fused-ring (bicyclic) bond motifs is 4. The van der Waals surface area contributed by atoms with Crippen LogP contribution >= 0.6 is 0 Å². The van der Waals surface area contributed by atoms with Crippen LogP contribution in [0.5, 0.6) is 0 Å². The molecule has 0 N–H and O–H groups in total. The first-order valence-electron chi connectivity index (χ1n) is 11.1. The van der Waals surface area contributed by atoms with Crippen LogP contribution in [0.2, 0.25) is 0 Å². The van der Waals surface area contributed by atoms with Crippen LogP contribution < -0.4 is 0 Å². The molecule has 2 bridgehead atoms. The van der Waals surface area contributed by atoms with Crippen molar-refractivity contribution in [2.75, 3.05) is 26.7 Å². The summed E-state index contributed by atoms with van der Waals surface area (Å²) >= 11 is 0. The molecule has 3 nitrogen and oxygen atoms in total. The van der Waals surface area contributed by atoms with E-state index in [4.69, 9.17) is 0 Å². The van der Waals surface area contributed by atoms with E-state index in [-0.39, 0.29) is 17.4 Å². The third-order valence-electron chi connectivity index (χ3n) is 8.63. The highest BCUT2D eigenvalue weighted by molar-refractivity contribution is 5.74. The molecule has 1 aliphatic heterocycles. The molecule has 3 fully saturated rings. The standard InChI is InChI=1S/C24H34N2O/c1-17(27)25(2)23-15-24(22-6-4-3-5-21(22)23)9-11-26(12-10-24)16-20-14-18-7-8-19(20)13-18/h3-6,18-20,23H,7-16H2,1-2H3/t18-,19-,20+,23-/m0/s1. The van der Waals surface area contributed by atoms with Gasteiger partial charge in [-0.1, -0.05) is 30.7 Å². The smallest absolute Gasteiger partial charge is 0.219 e. The molecule has 1 spiro atoms. The molecule has 1 aromatic carbocycles. The van der Waals surface area contributed by atoms with Crippen molar-refractivity contribution in [3.8, 4) is 0 Å². The molecule has 5 rings (SSSR count). The second kappa shape index (κ2) is 6.62. The highest BCUT2D eigenvalue weighted by atomic mass is 16.2. The Hall–Kier alpha value is -1.35. The highest BCUT2D eigenvalue weighted by Gasteiger charge is 2.47. The summed E-state index contributed by atoms with van der Waals surface area (Å²) in [6, 6.07) is 9.20. The van der Waals surface area contributed by atoms with Crippen molar-refractivity contribution < 1.29 is 4.79 Å². The van der Waals surface area contributed by atoms with Crippen LogP contribution in [0.3, 0.4) is 0 Å². The van der Waals surface area contributed by atoms with Gasteiger partial charge in [-0.15, -0.1) is 0 Å². The maximum absolute atomic E-state index is 12.0. The molecule has 1 heterocycles. The van der Waals surface area contributed by atoms with Crippen molar-refractivity contribution >= 4 is 5.91 Å². The molecule has 1 aromatic rings. The molecule has 0 radical (unpaired) electrons. The molecule has 4 aliphatic rings. The van der Waals surface area contributed by atoms with Crippen molar-refractivity contribution in [1.29, 1.82) is 0 Å². The van der Waals surface area contributed by atoms with Gasteiger partial charge in [-0.05, 0) is 80.5 Å². The van der Waals surface area contributed by atoms with Crippen LogP contribution in [0.1, 0.15) is 69.0 Å². The number of carbonyl (C=O) groups is 1. The first-order chi connectivity index (χ1) is 13.1. The van der Waals surface area contributed by atoms with Crippen LogP contribution in [0.25, 0.3) is 0 Å². The lowest BCUT2D eigenvalue weighted by Gasteiger charge is -2.42. The summed E-state index contributed by atoms with van der Waals surface area (Å²) in [5, 5.41) is 0. The molecular weight excluding hydrogens is 332 g/mol. The minimum Gasteiger partial charge on any atom is -0.339 e. The van der Waals surface area contributed by atoms with E-state index >= 15 is 0 Å². The number of benzene rings is 1. The predicted octanol–water partition coefficient (Wildman–Crippen LogP) is 4.38. The number of carbonyl (C=O) groups excluding carboxylic acids is 1. The van der Waals surface area contributed by atoms with Crippen molar-refractivity contribution in [3.63, 3.8) is 0 Å². The van der Waals surface area contributed by atoms with Gasteiger partial charge in [-0.2, -0.15) is 0 Å². The van der Waals surface area contributed by atoms with Gasteiger partial charge in [0.1, 0.15) is 0 Å². The van der Waals surface area contributed by atoms with Gasteiger partial charge in [-0.25, -0.2) is 0 Å². The van der Waals surface area contributed by atoms with Gasteiger partial charge in [0, 0.05) is 25.9 Å². The van der Waals surface area contributed by atoms with E-state index in [9.17, 15) is 4.79 Å². The first-order valence-corrected chi connectivity index (χ1v) is 11.1. The summed E-state index contributed by atoms with van der Waals surface area (Å²) in [7, 11) is 1.98. The van der Waals surface area contributed by atoms with Crippen molar-refractivity contribution in [2.24, 2.45) is 17.8 Å². The lowest BCUT2D eigenvalue weighted by atomic mass is 9.73. The minimum atomic E-state index is 0.181. The Balaban J connectivity index is 1.29. The van der Waals surface area contributed by atoms with Gasteiger partial charge in [0.05, 0.1) is 6.04 Å². The van der Waals surface area contributed by atoms with Gasteiger partial charge in [0.2, 0.25) is 5.91 Å². The monoisotopic (exact) mass is 366 g/mol. The minimum absolute atomic E-state index is 0.181. The Labute approximate surface area is 164 Å². The topological polar surface area (TPSA) is 23.6 Å². The average Bonchev–Trinajstić information content (AvgIpc) is 3.37. The van der Waals surface area contributed by atoms with E-state index in [0.717, 1.165) is 24.2 Å². The van der Waals surface area contributed by atoms with Gasteiger partial charge < -0.3 is 9.80 Å². The van der Waals surface area contributed by atoms with Crippen molar-refractivity contribution in [3.05, 3.63) is 35.4 Å². The average molecular weight is 367 g/mol. The second-order valence-corrected chi connectivity index (χ2v) is 9.95. The second-order valence-electron chi connectivity index (χ2n) is 9.95. The molecule has 2 saturated carbocycles. The zero-order valence-electron chi connectivity index (χ0n) is 17.0. The molecular formula is C24H34N2O. The molecule has 3 aliphatic carbocycles. The van der Waals surface area contributed by atoms with Crippen LogP contribution in [0, 0.1) is 17.8 Å². The van der Waals surface area contributed by atoms with Crippen LogP contribution in [-0.2, 0) is 10.2 Å². The Bertz CT molecular complexity index is 721. The molecule has 0 unspecified atom stereocenters. The molecule has 27 heavy (non-hydrogen) atoms. The highest BCUT2D eigenvalue weighted by Crippen LogP contribution is 2.53. The SMILES string of the molecule is CC(=O)N(C)[C@H]1CC2(CCN(C[C@H]3C[C@H]4CC[C@H]3C4)CC2)c2ccccc21. The Morgan fingerprint density at radius 1 is 1.19 bits per heavy atom. The molecule has 1 amide bonds. The summed E-state index contributed by atoms with van der Waals surface area (Å²) in [5.74, 6) is 3.25. The normalized spacial score (nSPS) is 34.1. The van der Waals surface area contributed by atoms with Crippen LogP contribution in [-0.4, -0.2) is 42.4 Å². The fourth-order valence-electron chi connectivity index (χ4n) is 6.99. The molecule has 4 atom stereocenters. The van der Waals surface area contributed by atoms with Gasteiger partial charge in [0.25, 0.3) is 0 Å². The quantitative estimate of drug-likeness (QED) is 0.792. The number of nitrogens with zero attached hydrogens (tertiary/aromatic N) is 2. The maximum atomic E-state index is 12.0.